The van der Waals surface area contributed by atoms with Crippen LogP contribution in [0.25, 0.3) is 11.1 Å². The molecule has 240 valence electrons. The zero-order chi connectivity index (χ0) is 32.0. The van der Waals surface area contributed by atoms with Gasteiger partial charge in [0.1, 0.15) is 0 Å². The molecule has 2 aliphatic rings. The van der Waals surface area contributed by atoms with Crippen LogP contribution < -0.4 is 0 Å². The number of benzene rings is 4. The summed E-state index contributed by atoms with van der Waals surface area (Å²) in [6, 6.07) is 36.2. The van der Waals surface area contributed by atoms with E-state index < -0.39 is 0 Å². The van der Waals surface area contributed by atoms with Gasteiger partial charge in [-0.25, -0.2) is 6.08 Å². The van der Waals surface area contributed by atoms with Gasteiger partial charge in [-0.2, -0.15) is 107 Å². The first-order valence-corrected chi connectivity index (χ1v) is 16.8. The summed E-state index contributed by atoms with van der Waals surface area (Å²) >= 11 is 1.30. The van der Waals surface area contributed by atoms with Gasteiger partial charge in [0, 0.05) is 0 Å². The molecule has 0 heterocycles. The third-order valence-electron chi connectivity index (χ3n) is 7.24. The molecule has 2 aliphatic carbocycles. The van der Waals surface area contributed by atoms with Gasteiger partial charge in [-0.15, -0.1) is 35.9 Å². The SMILES string of the molecule is CC(C)C1[C-]=CC(C(C)(C)C)=C1.Cc1[c-]c2c(cc1)-c1ccc(C)cc1C2.Cc1cc[c-]cc1.Cc1cc[c-]cc1.Cl.Cl.[CH2]=[Zr]. The molecule has 0 aromatic heterocycles. The number of rotatable bonds is 1. The second-order valence-corrected chi connectivity index (χ2v) is 12.5. The molecule has 45 heavy (non-hydrogen) atoms. The molecule has 0 radical (unpaired) electrons. The van der Waals surface area contributed by atoms with E-state index in [-0.39, 0.29) is 30.2 Å². The molecule has 1 unspecified atom stereocenters. The molecule has 0 spiro atoms. The van der Waals surface area contributed by atoms with Crippen molar-refractivity contribution in [2.75, 3.05) is 0 Å². The van der Waals surface area contributed by atoms with Gasteiger partial charge in [0.25, 0.3) is 0 Å². The Morgan fingerprint density at radius 2 is 1.24 bits per heavy atom. The van der Waals surface area contributed by atoms with Gasteiger partial charge < -0.3 is 0 Å². The Balaban J connectivity index is 0.000000582. The standard InChI is InChI=1S/C15H13.C12H19.2C7H7.CH2.2ClH.Zr/c1-10-3-5-14-12(7-10)9-13-8-11(2)4-6-15(13)14;1-9(2)10-6-7-11(8-10)12(3,4)5;2*1-7-5-3-2-4-6-7;;;;/h3-7H,9H2,1-2H3;7-10H,1-5H3;2*3-6H,1H3;1H2;2*1H;/q4*-1;;;;. The van der Waals surface area contributed by atoms with E-state index in [9.17, 15) is 0 Å². The fraction of sp³-hybridized carbons (Fsp3) is 0.310. The number of allylic oxidation sites excluding steroid dienone is 4. The van der Waals surface area contributed by atoms with Gasteiger partial charge in [0.15, 0.2) is 0 Å². The Morgan fingerprint density at radius 3 is 1.64 bits per heavy atom. The number of halogens is 2. The summed E-state index contributed by atoms with van der Waals surface area (Å²) in [7, 11) is 0. The minimum absolute atomic E-state index is 0. The quantitative estimate of drug-likeness (QED) is 0.152. The summed E-state index contributed by atoms with van der Waals surface area (Å²) < 4.78 is 3.34. The van der Waals surface area contributed by atoms with Gasteiger partial charge in [-0.05, 0) is 18.9 Å². The van der Waals surface area contributed by atoms with Crippen LogP contribution >= 0.6 is 24.8 Å². The monoisotopic (exact) mass is 714 g/mol. The van der Waals surface area contributed by atoms with Crippen molar-refractivity contribution in [3.8, 4) is 11.1 Å². The molecule has 0 amide bonds. The van der Waals surface area contributed by atoms with E-state index in [1.165, 1.54) is 74.3 Å². The van der Waals surface area contributed by atoms with Crippen LogP contribution in [-0.4, -0.2) is 4.21 Å². The van der Waals surface area contributed by atoms with Gasteiger partial charge >= 0.3 is 28.4 Å². The Hall–Kier alpha value is -2.31. The molecule has 3 heteroatoms. The third-order valence-corrected chi connectivity index (χ3v) is 7.24. The summed E-state index contributed by atoms with van der Waals surface area (Å²) in [5.41, 5.74) is 12.5. The average Bonchev–Trinajstić information content (AvgIpc) is 3.61. The summed E-state index contributed by atoms with van der Waals surface area (Å²) in [6.45, 7) is 19.6. The molecule has 0 nitrogen and oxygen atoms in total. The van der Waals surface area contributed by atoms with Crippen LogP contribution in [-0.2, 0) is 30.7 Å². The molecule has 4 aromatic rings. The van der Waals surface area contributed by atoms with E-state index in [4.69, 9.17) is 0 Å². The van der Waals surface area contributed by atoms with Crippen molar-refractivity contribution in [1.29, 1.82) is 0 Å². The summed E-state index contributed by atoms with van der Waals surface area (Å²) in [5, 5.41) is 0. The van der Waals surface area contributed by atoms with Crippen LogP contribution in [0.4, 0.5) is 0 Å². The molecular formula is C42H50Cl2Zr-4. The van der Waals surface area contributed by atoms with Gasteiger partial charge in [-0.1, -0.05) is 102 Å². The number of hydrogen-bond acceptors (Lipinski definition) is 0. The fourth-order valence-electron chi connectivity index (χ4n) is 4.64. The predicted molar refractivity (Wildman–Crippen MR) is 198 cm³/mol. The van der Waals surface area contributed by atoms with Crippen LogP contribution in [0.5, 0.6) is 0 Å². The molecular weight excluding hydrogens is 667 g/mol. The Bertz CT molecular complexity index is 1380. The molecule has 4 aromatic carbocycles. The van der Waals surface area contributed by atoms with Gasteiger partial charge in [0.05, 0.1) is 0 Å². The zero-order valence-electron chi connectivity index (χ0n) is 28.5. The van der Waals surface area contributed by atoms with Crippen LogP contribution in [0.2, 0.25) is 0 Å². The van der Waals surface area contributed by atoms with Gasteiger partial charge in [-0.3, -0.25) is 6.08 Å². The Kier molecular flexibility index (Phi) is 20.4. The first-order chi connectivity index (χ1) is 20.4. The van der Waals surface area contributed by atoms with Crippen LogP contribution in [0.15, 0.2) is 96.6 Å². The number of aryl methyl sites for hydroxylation is 4. The fourth-order valence-corrected chi connectivity index (χ4v) is 4.64. The molecule has 0 bridgehead atoms. The van der Waals surface area contributed by atoms with Crippen molar-refractivity contribution in [2.45, 2.75) is 68.7 Å². The van der Waals surface area contributed by atoms with E-state index in [1.54, 1.807) is 0 Å². The van der Waals surface area contributed by atoms with Crippen LogP contribution in [0.1, 0.15) is 68.0 Å². The number of fused-ring (bicyclic) bond motifs is 3. The van der Waals surface area contributed by atoms with Crippen LogP contribution in [0.3, 0.4) is 0 Å². The molecule has 0 aliphatic heterocycles. The predicted octanol–water partition coefficient (Wildman–Crippen LogP) is 11.7. The van der Waals surface area contributed by atoms with Gasteiger partial charge in [0.2, 0.25) is 0 Å². The second kappa shape index (κ2) is 21.5. The maximum absolute atomic E-state index is 3.45. The van der Waals surface area contributed by atoms with E-state index >= 15 is 0 Å². The van der Waals surface area contributed by atoms with E-state index in [0.29, 0.717) is 11.8 Å². The summed E-state index contributed by atoms with van der Waals surface area (Å²) in [6.07, 6.45) is 8.95. The normalized spacial score (nSPS) is 13.2. The molecule has 0 saturated heterocycles. The number of hydrogen-bond donors (Lipinski definition) is 0. The molecule has 6 rings (SSSR count). The van der Waals surface area contributed by atoms with Crippen molar-refractivity contribution < 1.29 is 24.2 Å². The molecule has 0 N–H and O–H groups in total. The van der Waals surface area contributed by atoms with Crippen molar-refractivity contribution in [1.82, 2.24) is 0 Å². The molecule has 0 fully saturated rings. The Morgan fingerprint density at radius 1 is 0.733 bits per heavy atom. The molecule has 1 atom stereocenters. The average molecular weight is 717 g/mol. The summed E-state index contributed by atoms with van der Waals surface area (Å²) in [4.78, 5) is 0. The summed E-state index contributed by atoms with van der Waals surface area (Å²) in [5.74, 6) is 1.22. The minimum atomic E-state index is 0. The van der Waals surface area contributed by atoms with E-state index in [0.717, 1.165) is 6.42 Å². The first-order valence-electron chi connectivity index (χ1n) is 15.1. The zero-order valence-corrected chi connectivity index (χ0v) is 32.6. The van der Waals surface area contributed by atoms with Crippen molar-refractivity contribution >= 4 is 29.0 Å². The van der Waals surface area contributed by atoms with Crippen LogP contribution in [0, 0.1) is 69.2 Å². The third kappa shape index (κ3) is 14.8. The topological polar surface area (TPSA) is 0 Å². The second-order valence-electron chi connectivity index (χ2n) is 12.5. The van der Waals surface area contributed by atoms with E-state index in [1.807, 2.05) is 48.5 Å². The first kappa shape index (κ1) is 42.7. The Labute approximate surface area is 302 Å². The van der Waals surface area contributed by atoms with Crippen molar-refractivity contribution in [3.05, 3.63) is 154 Å². The maximum atomic E-state index is 3.45. The molecule has 0 saturated carbocycles. The van der Waals surface area contributed by atoms with E-state index in [2.05, 4.69) is 133 Å². The van der Waals surface area contributed by atoms with Crippen molar-refractivity contribution in [2.24, 2.45) is 17.3 Å². The van der Waals surface area contributed by atoms with Crippen molar-refractivity contribution in [3.63, 3.8) is 0 Å².